The minimum absolute atomic E-state index is 0.0667. The van der Waals surface area contributed by atoms with Crippen molar-refractivity contribution in [2.24, 2.45) is 11.8 Å². The molecular formula is C26H29Cl2F3N4O2. The van der Waals surface area contributed by atoms with Crippen molar-refractivity contribution in [2.45, 2.75) is 32.0 Å². The number of nitrogens with zero attached hydrogens (tertiary/aromatic N) is 3. The van der Waals surface area contributed by atoms with Gasteiger partial charge in [0.15, 0.2) is 5.58 Å². The molecule has 0 amide bonds. The van der Waals surface area contributed by atoms with E-state index in [4.69, 9.17) is 27.6 Å². The molecule has 0 aliphatic carbocycles. The highest BCUT2D eigenvalue weighted by Crippen LogP contribution is 2.43. The third-order valence-electron chi connectivity index (χ3n) is 7.45. The largest absolute Gasteiger partial charge is 0.421 e. The van der Waals surface area contributed by atoms with Crippen molar-refractivity contribution < 1.29 is 22.7 Å². The number of β-amino-alcohol motifs (C(OH)–C–C–N with tert-alkyl or cyclic N) is 1. The molecule has 11 heteroatoms. The van der Waals surface area contributed by atoms with Crippen LogP contribution in [-0.4, -0.2) is 54.3 Å². The highest BCUT2D eigenvalue weighted by Gasteiger charge is 2.39. The van der Waals surface area contributed by atoms with Gasteiger partial charge in [0.05, 0.1) is 23.9 Å². The minimum atomic E-state index is -4.59. The number of aliphatic hydroxyl groups excluding tert-OH is 1. The van der Waals surface area contributed by atoms with Crippen molar-refractivity contribution in [3.05, 3.63) is 51.5 Å². The van der Waals surface area contributed by atoms with E-state index in [-0.39, 0.29) is 17.9 Å². The molecule has 3 aromatic rings. The number of nitrogens with one attached hydrogen (secondary N) is 1. The molecule has 6 nitrogen and oxygen atoms in total. The summed E-state index contributed by atoms with van der Waals surface area (Å²) in [5.41, 5.74) is 0.0509. The number of fused-ring (bicyclic) bond motifs is 1. The summed E-state index contributed by atoms with van der Waals surface area (Å²) in [6.45, 7) is 6.04. The molecule has 5 rings (SSSR count). The monoisotopic (exact) mass is 556 g/mol. The Morgan fingerprint density at radius 1 is 1.16 bits per heavy atom. The van der Waals surface area contributed by atoms with Gasteiger partial charge in [0.1, 0.15) is 5.52 Å². The molecule has 37 heavy (non-hydrogen) atoms. The van der Waals surface area contributed by atoms with E-state index in [9.17, 15) is 18.3 Å². The van der Waals surface area contributed by atoms with E-state index in [0.29, 0.717) is 45.5 Å². The molecule has 0 bridgehead atoms. The van der Waals surface area contributed by atoms with Crippen LogP contribution in [0.5, 0.6) is 0 Å². The first-order valence-electron chi connectivity index (χ1n) is 12.4. The molecule has 200 valence electrons. The van der Waals surface area contributed by atoms with Gasteiger partial charge in [0.25, 0.3) is 6.01 Å². The number of aromatic nitrogens is 1. The number of benzene rings is 2. The zero-order chi connectivity index (χ0) is 26.3. The molecule has 0 radical (unpaired) electrons. The highest BCUT2D eigenvalue weighted by molar-refractivity contribution is 6.35. The first kappa shape index (κ1) is 26.4. The fourth-order valence-corrected chi connectivity index (χ4v) is 6.00. The summed E-state index contributed by atoms with van der Waals surface area (Å²) in [6, 6.07) is 7.05. The number of hydrogen-bond acceptors (Lipinski definition) is 6. The summed E-state index contributed by atoms with van der Waals surface area (Å²) < 4.78 is 47.9. The van der Waals surface area contributed by atoms with Crippen molar-refractivity contribution in [3.8, 4) is 0 Å². The van der Waals surface area contributed by atoms with Gasteiger partial charge in [0, 0.05) is 36.2 Å². The van der Waals surface area contributed by atoms with Crippen molar-refractivity contribution in [1.29, 1.82) is 0 Å². The number of piperidine rings is 1. The van der Waals surface area contributed by atoms with Crippen LogP contribution in [0.25, 0.3) is 11.1 Å². The first-order chi connectivity index (χ1) is 17.6. The van der Waals surface area contributed by atoms with Crippen molar-refractivity contribution in [1.82, 2.24) is 9.88 Å². The van der Waals surface area contributed by atoms with Gasteiger partial charge in [-0.2, -0.15) is 18.2 Å². The maximum Gasteiger partial charge on any atom is 0.418 e. The third kappa shape index (κ3) is 5.50. The Hall–Kier alpha value is -2.20. The Balaban J connectivity index is 1.38. The summed E-state index contributed by atoms with van der Waals surface area (Å²) in [7, 11) is 0. The van der Waals surface area contributed by atoms with E-state index in [0.717, 1.165) is 45.1 Å². The quantitative estimate of drug-likeness (QED) is 0.348. The number of hydrogen-bond donors (Lipinski definition) is 2. The van der Waals surface area contributed by atoms with Crippen LogP contribution in [0.4, 0.5) is 24.9 Å². The van der Waals surface area contributed by atoms with Gasteiger partial charge in [0.2, 0.25) is 0 Å². The SMILES string of the molecule is C[C@@H](Nc1c(C(F)(F)F)ccc2nc(N3CC([C@H]4CCCN(CCO)C4)C3)oc12)c1ccc(Cl)cc1Cl. The highest BCUT2D eigenvalue weighted by atomic mass is 35.5. The molecule has 2 atom stereocenters. The van der Waals surface area contributed by atoms with Crippen LogP contribution < -0.4 is 10.2 Å². The van der Waals surface area contributed by atoms with Gasteiger partial charge in [-0.1, -0.05) is 29.3 Å². The van der Waals surface area contributed by atoms with Gasteiger partial charge >= 0.3 is 6.18 Å². The second kappa shape index (κ2) is 10.5. The number of anilines is 2. The predicted molar refractivity (Wildman–Crippen MR) is 139 cm³/mol. The van der Waals surface area contributed by atoms with Gasteiger partial charge in [-0.25, -0.2) is 0 Å². The Bertz CT molecular complexity index is 1260. The fourth-order valence-electron chi connectivity index (χ4n) is 5.43. The smallest absolute Gasteiger partial charge is 0.418 e. The third-order valence-corrected chi connectivity index (χ3v) is 8.01. The lowest BCUT2D eigenvalue weighted by Gasteiger charge is -2.45. The number of likely N-dealkylation sites (tertiary alicyclic amines) is 1. The van der Waals surface area contributed by atoms with Crippen molar-refractivity contribution in [2.75, 3.05) is 49.5 Å². The lowest BCUT2D eigenvalue weighted by Crippen LogP contribution is -2.53. The Kier molecular flexibility index (Phi) is 7.51. The normalized spacial score (nSPS) is 20.3. The van der Waals surface area contributed by atoms with E-state index in [1.54, 1.807) is 25.1 Å². The number of halogens is 5. The molecule has 0 unspecified atom stereocenters. The maximum atomic E-state index is 14.0. The maximum absolute atomic E-state index is 14.0. The van der Waals surface area contributed by atoms with E-state index >= 15 is 0 Å². The molecular weight excluding hydrogens is 528 g/mol. The lowest BCUT2D eigenvalue weighted by atomic mass is 9.81. The van der Waals surface area contributed by atoms with Crippen LogP contribution in [0.2, 0.25) is 10.0 Å². The van der Waals surface area contributed by atoms with Gasteiger partial charge in [-0.3, -0.25) is 0 Å². The van der Waals surface area contributed by atoms with Crippen LogP contribution in [0.15, 0.2) is 34.7 Å². The van der Waals surface area contributed by atoms with Gasteiger partial charge in [-0.15, -0.1) is 0 Å². The first-order valence-corrected chi connectivity index (χ1v) is 13.2. The summed E-state index contributed by atoms with van der Waals surface area (Å²) >= 11 is 12.3. The Morgan fingerprint density at radius 2 is 1.95 bits per heavy atom. The van der Waals surface area contributed by atoms with E-state index < -0.39 is 17.8 Å². The zero-order valence-electron chi connectivity index (χ0n) is 20.4. The standard InChI is InChI=1S/C26H29Cl2F3N4O2/c1-15(19-5-4-18(27)11-21(19)28)32-23-20(26(29,30)31)6-7-22-24(23)37-25(33-22)35-13-17(14-35)16-3-2-8-34(12-16)9-10-36/h4-7,11,15-17,32,36H,2-3,8-10,12-14H2,1H3/t15-,16+/m1/s1. The molecule has 2 fully saturated rings. The van der Waals surface area contributed by atoms with E-state index in [1.165, 1.54) is 6.07 Å². The molecule has 3 heterocycles. The summed E-state index contributed by atoms with van der Waals surface area (Å²) in [6.07, 6.45) is -2.34. The molecule has 2 aliphatic heterocycles. The van der Waals surface area contributed by atoms with Crippen LogP contribution in [-0.2, 0) is 6.18 Å². The summed E-state index contributed by atoms with van der Waals surface area (Å²) in [4.78, 5) is 8.79. The Labute approximate surface area is 223 Å². The molecule has 1 aromatic heterocycles. The average molecular weight is 557 g/mol. The van der Waals surface area contributed by atoms with Crippen LogP contribution in [0, 0.1) is 11.8 Å². The second-order valence-corrected chi connectivity index (χ2v) is 10.8. The van der Waals surface area contributed by atoms with Gasteiger partial charge < -0.3 is 24.6 Å². The van der Waals surface area contributed by atoms with Crippen LogP contribution >= 0.6 is 23.2 Å². The van der Waals surface area contributed by atoms with Gasteiger partial charge in [-0.05, 0) is 68.0 Å². The summed E-state index contributed by atoms with van der Waals surface area (Å²) in [5, 5.41) is 13.0. The summed E-state index contributed by atoms with van der Waals surface area (Å²) in [5.74, 6) is 0.992. The number of oxazole rings is 1. The van der Waals surface area contributed by atoms with Crippen molar-refractivity contribution >= 4 is 46.0 Å². The average Bonchev–Trinajstić information content (AvgIpc) is 3.22. The number of aliphatic hydroxyl groups is 1. The Morgan fingerprint density at radius 3 is 2.65 bits per heavy atom. The molecule has 0 spiro atoms. The zero-order valence-corrected chi connectivity index (χ0v) is 21.9. The van der Waals surface area contributed by atoms with E-state index in [1.807, 2.05) is 4.90 Å². The predicted octanol–water partition coefficient (Wildman–Crippen LogP) is 6.47. The van der Waals surface area contributed by atoms with Crippen LogP contribution in [0.3, 0.4) is 0 Å². The molecule has 0 saturated carbocycles. The van der Waals surface area contributed by atoms with Crippen molar-refractivity contribution in [3.63, 3.8) is 0 Å². The van der Waals surface area contributed by atoms with Crippen LogP contribution in [0.1, 0.15) is 36.9 Å². The minimum Gasteiger partial charge on any atom is -0.421 e. The molecule has 2 N–H and O–H groups in total. The van der Waals surface area contributed by atoms with E-state index in [2.05, 4.69) is 15.2 Å². The molecule has 2 saturated heterocycles. The number of alkyl halides is 3. The number of rotatable bonds is 7. The fraction of sp³-hybridized carbons (Fsp3) is 0.500. The second-order valence-electron chi connectivity index (χ2n) is 9.95. The topological polar surface area (TPSA) is 64.8 Å². The molecule has 2 aliphatic rings. The lowest BCUT2D eigenvalue weighted by molar-refractivity contribution is -0.136. The molecule has 2 aromatic carbocycles.